The lowest BCUT2D eigenvalue weighted by molar-refractivity contribution is 0.547. The molecule has 2 nitrogen and oxygen atoms in total. The van der Waals surface area contributed by atoms with Gasteiger partial charge in [-0.15, -0.1) is 0 Å². The van der Waals surface area contributed by atoms with Gasteiger partial charge in [0.05, 0.1) is 10.5 Å². The van der Waals surface area contributed by atoms with Crippen LogP contribution in [0.5, 0.6) is 0 Å². The molecule has 0 aliphatic carbocycles. The molecule has 1 heterocycles. The second-order valence-corrected chi connectivity index (χ2v) is 5.59. The van der Waals surface area contributed by atoms with Crippen LogP contribution in [0.1, 0.15) is 26.5 Å². The maximum atomic E-state index is 6.45. The second-order valence-electron chi connectivity index (χ2n) is 5.21. The number of halogens is 1. The van der Waals surface area contributed by atoms with Gasteiger partial charge in [0.2, 0.25) is 0 Å². The average Bonchev–Trinajstić information content (AvgIpc) is 2.39. The van der Waals surface area contributed by atoms with Gasteiger partial charge in [0, 0.05) is 29.2 Å². The molecule has 2 rings (SSSR count). The molecule has 2 aromatic rings. The number of nitrogens with two attached hydrogens (primary N) is 1. The van der Waals surface area contributed by atoms with Crippen molar-refractivity contribution in [2.45, 2.75) is 26.2 Å². The fraction of sp³-hybridized carbons (Fsp3) is 0.385. The first-order chi connectivity index (χ1) is 7.34. The molecule has 0 atom stereocenters. The van der Waals surface area contributed by atoms with Crippen molar-refractivity contribution in [3.63, 3.8) is 0 Å². The van der Waals surface area contributed by atoms with Crippen LogP contribution in [0.4, 0.5) is 5.69 Å². The fourth-order valence-corrected chi connectivity index (χ4v) is 2.91. The Bertz CT molecular complexity index is 547. The monoisotopic (exact) mass is 236 g/mol. The zero-order valence-corrected chi connectivity index (χ0v) is 10.9. The lowest BCUT2D eigenvalue weighted by Gasteiger charge is -2.20. The first kappa shape index (κ1) is 11.3. The van der Waals surface area contributed by atoms with Crippen LogP contribution in [0, 0.1) is 0 Å². The molecule has 1 aromatic heterocycles. The predicted molar refractivity (Wildman–Crippen MR) is 71.0 cm³/mol. The van der Waals surface area contributed by atoms with Crippen molar-refractivity contribution >= 4 is 28.2 Å². The molecule has 0 unspecified atom stereocenters. The number of nitrogens with zero attached hydrogens (tertiary/aromatic N) is 1. The molecule has 0 fully saturated rings. The van der Waals surface area contributed by atoms with Gasteiger partial charge in [-0.25, -0.2) is 0 Å². The molecule has 0 aliphatic heterocycles. The molecular weight excluding hydrogens is 220 g/mol. The number of rotatable bonds is 0. The summed E-state index contributed by atoms with van der Waals surface area (Å²) in [7, 11) is 2.04. The van der Waals surface area contributed by atoms with Crippen LogP contribution in [0.2, 0.25) is 5.02 Å². The zero-order chi connectivity index (χ0) is 12.1. The number of benzene rings is 1. The largest absolute Gasteiger partial charge is 0.398 e. The molecule has 2 N–H and O–H groups in total. The van der Waals surface area contributed by atoms with E-state index in [0.717, 1.165) is 27.3 Å². The highest BCUT2D eigenvalue weighted by molar-refractivity contribution is 6.37. The molecular formula is C13H17ClN2. The van der Waals surface area contributed by atoms with E-state index in [0.29, 0.717) is 0 Å². The Kier molecular flexibility index (Phi) is 2.43. The average molecular weight is 237 g/mol. The Morgan fingerprint density at radius 1 is 1.25 bits per heavy atom. The van der Waals surface area contributed by atoms with E-state index >= 15 is 0 Å². The molecule has 0 bridgehead atoms. The minimum atomic E-state index is 0.0112. The molecule has 0 saturated carbocycles. The third-order valence-corrected chi connectivity index (χ3v) is 3.28. The molecule has 0 spiro atoms. The maximum absolute atomic E-state index is 6.45. The topological polar surface area (TPSA) is 30.9 Å². The summed E-state index contributed by atoms with van der Waals surface area (Å²) in [6.45, 7) is 6.47. The van der Waals surface area contributed by atoms with E-state index in [-0.39, 0.29) is 5.41 Å². The molecule has 16 heavy (non-hydrogen) atoms. The van der Waals surface area contributed by atoms with E-state index in [2.05, 4.69) is 25.3 Å². The molecule has 0 radical (unpaired) electrons. The van der Waals surface area contributed by atoms with Crippen molar-refractivity contribution in [2.24, 2.45) is 7.05 Å². The smallest absolute Gasteiger partial charge is 0.0720 e. The van der Waals surface area contributed by atoms with Gasteiger partial charge in [-0.05, 0) is 12.1 Å². The highest BCUT2D eigenvalue weighted by Crippen LogP contribution is 2.39. The van der Waals surface area contributed by atoms with Crippen molar-refractivity contribution < 1.29 is 0 Å². The standard InChI is InChI=1S/C13H17ClN2/c1-13(2,3)12-11(14)10-8(15)6-5-7-9(10)16(12)4/h5-7H,15H2,1-4H3. The summed E-state index contributed by atoms with van der Waals surface area (Å²) in [6.07, 6.45) is 0. The van der Waals surface area contributed by atoms with Gasteiger partial charge in [0.25, 0.3) is 0 Å². The number of aromatic nitrogens is 1. The third-order valence-electron chi connectivity index (χ3n) is 2.91. The molecule has 3 heteroatoms. The Labute approximate surface area is 101 Å². The van der Waals surface area contributed by atoms with Crippen LogP contribution in [0.3, 0.4) is 0 Å². The van der Waals surface area contributed by atoms with Crippen LogP contribution < -0.4 is 5.73 Å². The number of anilines is 1. The van der Waals surface area contributed by atoms with Crippen LogP contribution in [-0.2, 0) is 12.5 Å². The number of fused-ring (bicyclic) bond motifs is 1. The van der Waals surface area contributed by atoms with E-state index < -0.39 is 0 Å². The van der Waals surface area contributed by atoms with E-state index in [1.165, 1.54) is 0 Å². The van der Waals surface area contributed by atoms with E-state index in [1.54, 1.807) is 0 Å². The van der Waals surface area contributed by atoms with Gasteiger partial charge in [0.1, 0.15) is 0 Å². The first-order valence-corrected chi connectivity index (χ1v) is 5.74. The summed E-state index contributed by atoms with van der Waals surface area (Å²) in [6, 6.07) is 5.90. The molecule has 1 aromatic carbocycles. The highest BCUT2D eigenvalue weighted by Gasteiger charge is 2.25. The Morgan fingerprint density at radius 3 is 2.38 bits per heavy atom. The minimum absolute atomic E-state index is 0.0112. The van der Waals surface area contributed by atoms with Crippen LogP contribution >= 0.6 is 11.6 Å². The SMILES string of the molecule is Cn1c(C(C)(C)C)c(Cl)c2c(N)cccc21. The van der Waals surface area contributed by atoms with Crippen molar-refractivity contribution in [2.75, 3.05) is 5.73 Å². The quantitative estimate of drug-likeness (QED) is 0.695. The summed E-state index contributed by atoms with van der Waals surface area (Å²) < 4.78 is 2.13. The normalized spacial score (nSPS) is 12.3. The van der Waals surface area contributed by atoms with Crippen molar-refractivity contribution in [3.8, 4) is 0 Å². The van der Waals surface area contributed by atoms with E-state index in [1.807, 2.05) is 25.2 Å². The predicted octanol–water partition coefficient (Wildman–Crippen LogP) is 3.71. The summed E-state index contributed by atoms with van der Waals surface area (Å²) in [5.74, 6) is 0. The van der Waals surface area contributed by atoms with E-state index in [9.17, 15) is 0 Å². The highest BCUT2D eigenvalue weighted by atomic mass is 35.5. The van der Waals surface area contributed by atoms with Gasteiger partial charge >= 0.3 is 0 Å². The number of hydrogen-bond donors (Lipinski definition) is 1. The summed E-state index contributed by atoms with van der Waals surface area (Å²) in [5.41, 5.74) is 8.96. The Morgan fingerprint density at radius 2 is 1.88 bits per heavy atom. The lowest BCUT2D eigenvalue weighted by atomic mass is 9.92. The zero-order valence-electron chi connectivity index (χ0n) is 10.1. The van der Waals surface area contributed by atoms with E-state index in [4.69, 9.17) is 17.3 Å². The van der Waals surface area contributed by atoms with Crippen LogP contribution in [0.15, 0.2) is 18.2 Å². The first-order valence-electron chi connectivity index (χ1n) is 5.37. The lowest BCUT2D eigenvalue weighted by Crippen LogP contribution is -2.16. The third kappa shape index (κ3) is 1.49. The second kappa shape index (κ2) is 3.42. The van der Waals surface area contributed by atoms with Gasteiger partial charge < -0.3 is 10.3 Å². The Hall–Kier alpha value is -1.15. The summed E-state index contributed by atoms with van der Waals surface area (Å²) in [5, 5.41) is 1.75. The molecule has 0 aliphatic rings. The number of aryl methyl sites for hydroxylation is 1. The van der Waals surface area contributed by atoms with Crippen LogP contribution in [-0.4, -0.2) is 4.57 Å². The van der Waals surface area contributed by atoms with Gasteiger partial charge in [0.15, 0.2) is 0 Å². The van der Waals surface area contributed by atoms with Crippen molar-refractivity contribution in [1.82, 2.24) is 4.57 Å². The van der Waals surface area contributed by atoms with Crippen molar-refractivity contribution in [3.05, 3.63) is 28.9 Å². The Balaban J connectivity index is 2.94. The number of nitrogen functional groups attached to an aromatic ring is 1. The van der Waals surface area contributed by atoms with Crippen molar-refractivity contribution in [1.29, 1.82) is 0 Å². The fourth-order valence-electron chi connectivity index (χ4n) is 2.29. The van der Waals surface area contributed by atoms with Gasteiger partial charge in [-0.1, -0.05) is 38.4 Å². The summed E-state index contributed by atoms with van der Waals surface area (Å²) in [4.78, 5) is 0. The van der Waals surface area contributed by atoms with Crippen LogP contribution in [0.25, 0.3) is 10.9 Å². The maximum Gasteiger partial charge on any atom is 0.0720 e. The van der Waals surface area contributed by atoms with Gasteiger partial charge in [-0.3, -0.25) is 0 Å². The molecule has 0 saturated heterocycles. The summed E-state index contributed by atoms with van der Waals surface area (Å²) >= 11 is 6.45. The molecule has 0 amide bonds. The molecule has 86 valence electrons. The minimum Gasteiger partial charge on any atom is -0.398 e. The number of hydrogen-bond acceptors (Lipinski definition) is 1. The van der Waals surface area contributed by atoms with Gasteiger partial charge in [-0.2, -0.15) is 0 Å².